The molecule has 0 aliphatic rings. The van der Waals surface area contributed by atoms with Crippen molar-refractivity contribution in [2.45, 2.75) is 13.3 Å². The van der Waals surface area contributed by atoms with Gasteiger partial charge in [0.2, 0.25) is 5.75 Å². The summed E-state index contributed by atoms with van der Waals surface area (Å²) in [5.74, 6) is -0.887. The summed E-state index contributed by atoms with van der Waals surface area (Å²) in [7, 11) is 2.65. The van der Waals surface area contributed by atoms with Crippen LogP contribution in [-0.2, 0) is 4.79 Å². The molecule has 1 N–H and O–H groups in total. The van der Waals surface area contributed by atoms with Crippen molar-refractivity contribution in [3.63, 3.8) is 0 Å². The summed E-state index contributed by atoms with van der Waals surface area (Å²) in [6.07, 6.45) is 1.68. The van der Waals surface area contributed by atoms with Crippen LogP contribution in [-0.4, -0.2) is 30.2 Å². The summed E-state index contributed by atoms with van der Waals surface area (Å²) in [6.45, 7) is 1.69. The molecule has 7 nitrogen and oxygen atoms in total. The highest BCUT2D eigenvalue weighted by Crippen LogP contribution is 2.38. The molecule has 0 unspecified atom stereocenters. The number of hydrogen-bond donors (Lipinski definition) is 1. The number of rotatable bonds is 6. The highest BCUT2D eigenvalue weighted by Gasteiger charge is 2.21. The first kappa shape index (κ1) is 15.5. The molecule has 0 radical (unpaired) electrons. The molecule has 20 heavy (non-hydrogen) atoms. The molecule has 0 atom stereocenters. The lowest BCUT2D eigenvalue weighted by molar-refractivity contribution is -0.385. The molecule has 0 saturated carbocycles. The van der Waals surface area contributed by atoms with Gasteiger partial charge in [-0.3, -0.25) is 10.1 Å². The van der Waals surface area contributed by atoms with E-state index in [4.69, 9.17) is 14.6 Å². The quantitative estimate of drug-likeness (QED) is 0.488. The summed E-state index contributed by atoms with van der Waals surface area (Å²) < 4.78 is 10.00. The molecule has 0 amide bonds. The molecule has 0 aromatic heterocycles. The van der Waals surface area contributed by atoms with Crippen LogP contribution in [0.3, 0.4) is 0 Å². The van der Waals surface area contributed by atoms with E-state index in [-0.39, 0.29) is 22.8 Å². The first-order chi connectivity index (χ1) is 9.44. The molecule has 7 heteroatoms. The topological polar surface area (TPSA) is 98.9 Å². The molecule has 0 spiro atoms. The number of benzene rings is 1. The van der Waals surface area contributed by atoms with Crippen molar-refractivity contribution in [2.24, 2.45) is 0 Å². The number of aliphatic carboxylic acids is 1. The standard InChI is InChI=1S/C13H15NO6/c1-4-9(13(15)16)5-8-6-10(14(17)18)12(20-3)11(7-8)19-2/h5-7H,4H2,1-3H3,(H,15,16)/b9-5+. The van der Waals surface area contributed by atoms with E-state index in [0.29, 0.717) is 12.0 Å². The minimum absolute atomic E-state index is 0.00280. The van der Waals surface area contributed by atoms with E-state index in [9.17, 15) is 14.9 Å². The number of carboxylic acids is 1. The Morgan fingerprint density at radius 2 is 2.05 bits per heavy atom. The predicted octanol–water partition coefficient (Wildman–Crippen LogP) is 2.49. The van der Waals surface area contributed by atoms with E-state index < -0.39 is 10.9 Å². The maximum absolute atomic E-state index is 11.0. The van der Waals surface area contributed by atoms with Gasteiger partial charge in [0.1, 0.15) is 0 Å². The third-order valence-electron chi connectivity index (χ3n) is 2.67. The van der Waals surface area contributed by atoms with Crippen molar-refractivity contribution >= 4 is 17.7 Å². The van der Waals surface area contributed by atoms with Crippen LogP contribution < -0.4 is 9.47 Å². The van der Waals surface area contributed by atoms with E-state index >= 15 is 0 Å². The minimum Gasteiger partial charge on any atom is -0.493 e. The van der Waals surface area contributed by atoms with E-state index in [2.05, 4.69) is 0 Å². The lowest BCUT2D eigenvalue weighted by Gasteiger charge is -2.09. The van der Waals surface area contributed by atoms with Gasteiger partial charge in [-0.1, -0.05) is 6.92 Å². The van der Waals surface area contributed by atoms with Crippen LogP contribution in [0.25, 0.3) is 6.08 Å². The van der Waals surface area contributed by atoms with Gasteiger partial charge in [0.25, 0.3) is 0 Å². The summed E-state index contributed by atoms with van der Waals surface area (Å²) in [5, 5.41) is 20.0. The molecule has 1 rings (SSSR count). The third-order valence-corrected chi connectivity index (χ3v) is 2.67. The molecular formula is C13H15NO6. The van der Waals surface area contributed by atoms with Crippen LogP contribution in [0.1, 0.15) is 18.9 Å². The number of nitro benzene ring substituents is 1. The highest BCUT2D eigenvalue weighted by atomic mass is 16.6. The summed E-state index contributed by atoms with van der Waals surface area (Å²) in [5.41, 5.74) is 0.235. The normalized spacial score (nSPS) is 11.1. The molecule has 0 aliphatic heterocycles. The third kappa shape index (κ3) is 3.25. The number of carboxylic acid groups (broad SMARTS) is 1. The Labute approximate surface area is 115 Å². The second-order valence-corrected chi connectivity index (χ2v) is 3.86. The zero-order valence-electron chi connectivity index (χ0n) is 11.4. The van der Waals surface area contributed by atoms with Crippen molar-refractivity contribution in [3.8, 4) is 11.5 Å². The fraction of sp³-hybridized carbons (Fsp3) is 0.308. The van der Waals surface area contributed by atoms with Gasteiger partial charge < -0.3 is 14.6 Å². The maximum atomic E-state index is 11.0. The number of hydrogen-bond acceptors (Lipinski definition) is 5. The summed E-state index contributed by atoms with van der Waals surface area (Å²) >= 11 is 0. The van der Waals surface area contributed by atoms with Gasteiger partial charge in [0.15, 0.2) is 5.75 Å². The molecule has 0 bridgehead atoms. The zero-order chi connectivity index (χ0) is 15.3. The van der Waals surface area contributed by atoms with Crippen LogP contribution in [0.2, 0.25) is 0 Å². The average molecular weight is 281 g/mol. The van der Waals surface area contributed by atoms with E-state index in [1.54, 1.807) is 6.92 Å². The molecule has 108 valence electrons. The van der Waals surface area contributed by atoms with Crippen molar-refractivity contribution in [3.05, 3.63) is 33.4 Å². The Morgan fingerprint density at radius 1 is 1.40 bits per heavy atom. The van der Waals surface area contributed by atoms with Crippen molar-refractivity contribution in [2.75, 3.05) is 14.2 Å². The second-order valence-electron chi connectivity index (χ2n) is 3.86. The largest absolute Gasteiger partial charge is 0.493 e. The van der Waals surface area contributed by atoms with Crippen LogP contribution >= 0.6 is 0 Å². The summed E-state index contributed by atoms with van der Waals surface area (Å²) in [4.78, 5) is 21.4. The molecule has 1 aromatic carbocycles. The van der Waals surface area contributed by atoms with Crippen LogP contribution in [0.4, 0.5) is 5.69 Å². The van der Waals surface area contributed by atoms with Gasteiger partial charge in [0.05, 0.1) is 19.1 Å². The number of nitro groups is 1. The highest BCUT2D eigenvalue weighted by molar-refractivity contribution is 5.92. The zero-order valence-corrected chi connectivity index (χ0v) is 11.4. The molecule has 0 fully saturated rings. The van der Waals surface area contributed by atoms with Crippen molar-refractivity contribution in [1.82, 2.24) is 0 Å². The van der Waals surface area contributed by atoms with Gasteiger partial charge >= 0.3 is 11.7 Å². The Morgan fingerprint density at radius 3 is 2.45 bits per heavy atom. The fourth-order valence-corrected chi connectivity index (χ4v) is 1.70. The SMILES string of the molecule is CC/C(=C\c1cc(OC)c(OC)c([N+](=O)[O-])c1)C(=O)O. The Bertz CT molecular complexity index is 564. The first-order valence-corrected chi connectivity index (χ1v) is 5.78. The van der Waals surface area contributed by atoms with Gasteiger partial charge in [-0.25, -0.2) is 4.79 Å². The fourth-order valence-electron chi connectivity index (χ4n) is 1.70. The van der Waals surface area contributed by atoms with Gasteiger partial charge in [-0.05, 0) is 24.1 Å². The predicted molar refractivity (Wildman–Crippen MR) is 72.1 cm³/mol. The lowest BCUT2D eigenvalue weighted by atomic mass is 10.1. The Kier molecular flexibility index (Phi) is 5.08. The van der Waals surface area contributed by atoms with E-state index in [1.165, 1.54) is 32.4 Å². The molecule has 0 saturated heterocycles. The molecule has 0 heterocycles. The van der Waals surface area contributed by atoms with Gasteiger partial charge in [-0.15, -0.1) is 0 Å². The summed E-state index contributed by atoms with van der Waals surface area (Å²) in [6, 6.07) is 2.74. The Hall–Kier alpha value is -2.57. The smallest absolute Gasteiger partial charge is 0.331 e. The first-order valence-electron chi connectivity index (χ1n) is 5.78. The van der Waals surface area contributed by atoms with Crippen LogP contribution in [0.5, 0.6) is 11.5 Å². The van der Waals surface area contributed by atoms with Crippen molar-refractivity contribution in [1.29, 1.82) is 0 Å². The maximum Gasteiger partial charge on any atom is 0.331 e. The van der Waals surface area contributed by atoms with Crippen LogP contribution in [0, 0.1) is 10.1 Å². The Balaban J connectivity index is 3.47. The van der Waals surface area contributed by atoms with Gasteiger partial charge in [-0.2, -0.15) is 0 Å². The molecule has 0 aliphatic carbocycles. The number of methoxy groups -OCH3 is 2. The van der Waals surface area contributed by atoms with Crippen LogP contribution in [0.15, 0.2) is 17.7 Å². The monoisotopic (exact) mass is 281 g/mol. The minimum atomic E-state index is -1.06. The average Bonchev–Trinajstić information content (AvgIpc) is 2.42. The number of ether oxygens (including phenoxy) is 2. The molecule has 1 aromatic rings. The number of carbonyl (C=O) groups is 1. The lowest BCUT2D eigenvalue weighted by Crippen LogP contribution is -2.00. The van der Waals surface area contributed by atoms with E-state index in [0.717, 1.165) is 0 Å². The van der Waals surface area contributed by atoms with Crippen molar-refractivity contribution < 1.29 is 24.3 Å². The second kappa shape index (κ2) is 6.55. The number of nitrogens with zero attached hydrogens (tertiary/aromatic N) is 1. The van der Waals surface area contributed by atoms with Gasteiger partial charge in [0, 0.05) is 11.6 Å². The molecular weight excluding hydrogens is 266 g/mol. The van der Waals surface area contributed by atoms with E-state index in [1.807, 2.05) is 0 Å².